The number of carbonyl (C=O) groups is 1. The number of carbonyl (C=O) groups excluding carboxylic acids is 1. The van der Waals surface area contributed by atoms with E-state index in [9.17, 15) is 9.00 Å². The van der Waals surface area contributed by atoms with Crippen LogP contribution in [0.5, 0.6) is 11.5 Å². The number of methoxy groups -OCH3 is 1. The van der Waals surface area contributed by atoms with Gasteiger partial charge in [0, 0.05) is 28.3 Å². The SMILES string of the molecule is COc1ccc(-c2nc(CS(=O)C(C)C(=O)NC3CCOc4ccccc43)co2)cc1. The van der Waals surface area contributed by atoms with Crippen molar-refractivity contribution in [3.63, 3.8) is 0 Å². The van der Waals surface area contributed by atoms with Gasteiger partial charge >= 0.3 is 0 Å². The van der Waals surface area contributed by atoms with Gasteiger partial charge in [-0.15, -0.1) is 0 Å². The molecule has 0 bridgehead atoms. The Bertz CT molecular complexity index is 1080. The largest absolute Gasteiger partial charge is 0.497 e. The van der Waals surface area contributed by atoms with Gasteiger partial charge < -0.3 is 19.2 Å². The van der Waals surface area contributed by atoms with Gasteiger partial charge in [0.25, 0.3) is 0 Å². The van der Waals surface area contributed by atoms with Gasteiger partial charge in [0.15, 0.2) is 0 Å². The number of ether oxygens (including phenoxy) is 2. The average Bonchev–Trinajstić information content (AvgIpc) is 3.27. The van der Waals surface area contributed by atoms with E-state index >= 15 is 0 Å². The summed E-state index contributed by atoms with van der Waals surface area (Å²) >= 11 is 0. The first-order valence-corrected chi connectivity index (χ1v) is 11.4. The Labute approximate surface area is 183 Å². The summed E-state index contributed by atoms with van der Waals surface area (Å²) in [5, 5.41) is 2.33. The normalized spacial score (nSPS) is 17.2. The Morgan fingerprint density at radius 1 is 1.26 bits per heavy atom. The van der Waals surface area contributed by atoms with Gasteiger partial charge in [-0.3, -0.25) is 9.00 Å². The maximum absolute atomic E-state index is 12.8. The first-order valence-electron chi connectivity index (χ1n) is 10.0. The molecule has 0 spiro atoms. The van der Waals surface area contributed by atoms with E-state index in [0.717, 1.165) is 22.6 Å². The molecule has 1 aliphatic heterocycles. The molecule has 1 N–H and O–H groups in total. The minimum Gasteiger partial charge on any atom is -0.497 e. The molecule has 4 rings (SSSR count). The molecule has 3 atom stereocenters. The number of nitrogens with one attached hydrogen (secondary N) is 1. The van der Waals surface area contributed by atoms with Crippen LogP contribution in [0.3, 0.4) is 0 Å². The van der Waals surface area contributed by atoms with Crippen molar-refractivity contribution in [2.75, 3.05) is 13.7 Å². The maximum Gasteiger partial charge on any atom is 0.235 e. The second-order valence-corrected chi connectivity index (χ2v) is 9.03. The number of rotatable bonds is 7. The predicted octanol–water partition coefficient (Wildman–Crippen LogP) is 3.63. The Morgan fingerprint density at radius 2 is 2.03 bits per heavy atom. The number of para-hydroxylation sites is 1. The predicted molar refractivity (Wildman–Crippen MR) is 117 cm³/mol. The Hall–Kier alpha value is -3.13. The third-order valence-corrected chi connectivity index (χ3v) is 6.80. The van der Waals surface area contributed by atoms with Gasteiger partial charge in [-0.2, -0.15) is 0 Å². The highest BCUT2D eigenvalue weighted by atomic mass is 32.2. The fourth-order valence-electron chi connectivity index (χ4n) is 3.41. The summed E-state index contributed by atoms with van der Waals surface area (Å²) < 4.78 is 29.1. The topological polar surface area (TPSA) is 90.7 Å². The van der Waals surface area contributed by atoms with Gasteiger partial charge in [0.2, 0.25) is 11.8 Å². The molecule has 0 radical (unpaired) electrons. The highest BCUT2D eigenvalue weighted by Gasteiger charge is 2.27. The summed E-state index contributed by atoms with van der Waals surface area (Å²) in [5.74, 6) is 1.84. The number of benzene rings is 2. The highest BCUT2D eigenvalue weighted by Crippen LogP contribution is 2.31. The zero-order valence-corrected chi connectivity index (χ0v) is 18.2. The van der Waals surface area contributed by atoms with Crippen LogP contribution in [0.4, 0.5) is 0 Å². The lowest BCUT2D eigenvalue weighted by molar-refractivity contribution is -0.121. The van der Waals surface area contributed by atoms with E-state index in [1.54, 1.807) is 14.0 Å². The molecule has 0 saturated heterocycles. The molecular weight excluding hydrogens is 416 g/mol. The van der Waals surface area contributed by atoms with Crippen molar-refractivity contribution in [2.45, 2.75) is 30.4 Å². The Morgan fingerprint density at radius 3 is 2.81 bits per heavy atom. The van der Waals surface area contributed by atoms with Gasteiger partial charge in [0.05, 0.1) is 31.2 Å². The molecular formula is C23H24N2O5S. The van der Waals surface area contributed by atoms with Crippen LogP contribution < -0.4 is 14.8 Å². The van der Waals surface area contributed by atoms with Crippen molar-refractivity contribution in [2.24, 2.45) is 0 Å². The van der Waals surface area contributed by atoms with Crippen molar-refractivity contribution >= 4 is 16.7 Å². The number of hydrogen-bond donors (Lipinski definition) is 1. The molecule has 1 amide bonds. The fourth-order valence-corrected chi connectivity index (χ4v) is 4.39. The molecule has 3 unspecified atom stereocenters. The molecule has 8 heteroatoms. The minimum absolute atomic E-state index is 0.138. The second-order valence-electron chi connectivity index (χ2n) is 7.28. The molecule has 2 heterocycles. The summed E-state index contributed by atoms with van der Waals surface area (Å²) in [6, 6.07) is 14.8. The van der Waals surface area contributed by atoms with Crippen LogP contribution in [-0.2, 0) is 21.3 Å². The summed E-state index contributed by atoms with van der Waals surface area (Å²) in [5.41, 5.74) is 2.28. The van der Waals surface area contributed by atoms with Crippen molar-refractivity contribution < 1.29 is 22.9 Å². The third kappa shape index (κ3) is 4.80. The van der Waals surface area contributed by atoms with E-state index in [0.29, 0.717) is 24.6 Å². The highest BCUT2D eigenvalue weighted by molar-refractivity contribution is 7.85. The lowest BCUT2D eigenvalue weighted by Gasteiger charge is -2.27. The number of fused-ring (bicyclic) bond motifs is 1. The van der Waals surface area contributed by atoms with Crippen molar-refractivity contribution in [1.29, 1.82) is 0 Å². The fraction of sp³-hybridized carbons (Fsp3) is 0.304. The molecule has 7 nitrogen and oxygen atoms in total. The van der Waals surface area contributed by atoms with Crippen molar-refractivity contribution in [1.82, 2.24) is 10.3 Å². The van der Waals surface area contributed by atoms with Crippen LogP contribution in [0.1, 0.15) is 30.6 Å². The molecule has 1 aliphatic rings. The number of nitrogens with zero attached hydrogens (tertiary/aromatic N) is 1. The van der Waals surface area contributed by atoms with Crippen LogP contribution in [-0.4, -0.2) is 34.1 Å². The molecule has 162 valence electrons. The molecule has 0 aliphatic carbocycles. The van der Waals surface area contributed by atoms with Gasteiger partial charge in [-0.05, 0) is 37.3 Å². The molecule has 0 fully saturated rings. The van der Waals surface area contributed by atoms with Crippen LogP contribution in [0.25, 0.3) is 11.5 Å². The lowest BCUT2D eigenvalue weighted by atomic mass is 10.0. The van der Waals surface area contributed by atoms with Crippen molar-refractivity contribution in [3.05, 3.63) is 66.1 Å². The number of oxazole rings is 1. The van der Waals surface area contributed by atoms with Crippen LogP contribution in [0.2, 0.25) is 0 Å². The van der Waals surface area contributed by atoms with Gasteiger partial charge in [0.1, 0.15) is 23.0 Å². The number of hydrogen-bond acceptors (Lipinski definition) is 6. The van der Waals surface area contributed by atoms with Gasteiger partial charge in [-0.25, -0.2) is 4.98 Å². The second kappa shape index (κ2) is 9.34. The van der Waals surface area contributed by atoms with Gasteiger partial charge in [-0.1, -0.05) is 18.2 Å². The Kier molecular flexibility index (Phi) is 6.36. The van der Waals surface area contributed by atoms with E-state index in [2.05, 4.69) is 10.3 Å². The molecule has 31 heavy (non-hydrogen) atoms. The number of amides is 1. The summed E-state index contributed by atoms with van der Waals surface area (Å²) in [6.07, 6.45) is 2.16. The quantitative estimate of drug-likeness (QED) is 0.603. The summed E-state index contributed by atoms with van der Waals surface area (Å²) in [6.45, 7) is 2.20. The monoisotopic (exact) mass is 440 g/mol. The summed E-state index contributed by atoms with van der Waals surface area (Å²) in [4.78, 5) is 17.2. The van der Waals surface area contributed by atoms with Crippen LogP contribution in [0, 0.1) is 0 Å². The van der Waals surface area contributed by atoms with Crippen molar-refractivity contribution in [3.8, 4) is 23.0 Å². The van der Waals surface area contributed by atoms with E-state index in [1.807, 2.05) is 48.5 Å². The molecule has 2 aromatic carbocycles. The first kappa shape index (κ1) is 21.1. The molecule has 1 aromatic heterocycles. The summed E-state index contributed by atoms with van der Waals surface area (Å²) in [7, 11) is 0.161. The Balaban J connectivity index is 1.37. The van der Waals surface area contributed by atoms with E-state index < -0.39 is 16.0 Å². The lowest BCUT2D eigenvalue weighted by Crippen LogP contribution is -2.39. The zero-order valence-electron chi connectivity index (χ0n) is 17.4. The molecule has 0 saturated carbocycles. The van der Waals surface area contributed by atoms with E-state index in [1.165, 1.54) is 6.26 Å². The first-order chi connectivity index (χ1) is 15.0. The standard InChI is InChI=1S/C23H24N2O5S/c1-15(22(26)25-20-11-12-29-21-6-4-3-5-19(20)21)31(27)14-17-13-30-23(24-17)16-7-9-18(28-2)10-8-16/h3-10,13,15,20H,11-12,14H2,1-2H3,(H,25,26). The van der Waals surface area contributed by atoms with Crippen LogP contribution in [0.15, 0.2) is 59.2 Å². The average molecular weight is 441 g/mol. The zero-order chi connectivity index (χ0) is 21.8. The van der Waals surface area contributed by atoms with E-state index in [4.69, 9.17) is 13.9 Å². The van der Waals surface area contributed by atoms with Crippen LogP contribution >= 0.6 is 0 Å². The number of aromatic nitrogens is 1. The smallest absolute Gasteiger partial charge is 0.235 e. The maximum atomic E-state index is 12.8. The molecule has 3 aromatic rings. The third-order valence-electron chi connectivity index (χ3n) is 5.22. The van der Waals surface area contributed by atoms with E-state index in [-0.39, 0.29) is 17.7 Å². The minimum atomic E-state index is -1.44.